The molecule has 0 atom stereocenters. The van der Waals surface area contributed by atoms with E-state index in [-0.39, 0.29) is 5.91 Å². The lowest BCUT2D eigenvalue weighted by Gasteiger charge is -2.02. The first kappa shape index (κ1) is 16.7. The Labute approximate surface area is 156 Å². The van der Waals surface area contributed by atoms with Gasteiger partial charge in [-0.15, -0.1) is 0 Å². The van der Waals surface area contributed by atoms with E-state index in [1.807, 2.05) is 36.4 Å². The second kappa shape index (κ2) is 7.26. The van der Waals surface area contributed by atoms with Gasteiger partial charge < -0.3 is 4.57 Å². The summed E-state index contributed by atoms with van der Waals surface area (Å²) >= 11 is 1.60. The van der Waals surface area contributed by atoms with Crippen LogP contribution in [0.25, 0.3) is 21.0 Å². The monoisotopic (exact) mass is 360 g/mol. The van der Waals surface area contributed by atoms with Gasteiger partial charge in [-0.2, -0.15) is 4.99 Å². The van der Waals surface area contributed by atoms with Gasteiger partial charge in [-0.3, -0.25) is 4.79 Å². The van der Waals surface area contributed by atoms with Crippen molar-refractivity contribution in [1.82, 2.24) is 4.57 Å². The summed E-state index contributed by atoms with van der Waals surface area (Å²) in [5.74, 6) is -0.0630. The summed E-state index contributed by atoms with van der Waals surface area (Å²) < 4.78 is 3.33. The molecule has 0 N–H and O–H groups in total. The minimum absolute atomic E-state index is 0.0630. The molecule has 1 amide bonds. The Bertz CT molecular complexity index is 1140. The molecule has 0 aliphatic heterocycles. The van der Waals surface area contributed by atoms with Crippen molar-refractivity contribution in [3.63, 3.8) is 0 Å². The van der Waals surface area contributed by atoms with E-state index in [4.69, 9.17) is 0 Å². The molecule has 0 bridgehead atoms. The summed E-state index contributed by atoms with van der Waals surface area (Å²) in [5.41, 5.74) is 2.31. The number of hydrogen-bond donors (Lipinski definition) is 0. The SMILES string of the molecule is CCn1c(=NC(=O)CCc2ccccc2)sc2c3ccccc3ccc21. The van der Waals surface area contributed by atoms with Gasteiger partial charge in [0, 0.05) is 18.4 Å². The highest BCUT2D eigenvalue weighted by Crippen LogP contribution is 2.27. The Morgan fingerprint density at radius 3 is 2.58 bits per heavy atom. The molecule has 4 rings (SSSR count). The van der Waals surface area contributed by atoms with Crippen LogP contribution in [0.5, 0.6) is 0 Å². The van der Waals surface area contributed by atoms with Crippen LogP contribution in [-0.2, 0) is 17.8 Å². The van der Waals surface area contributed by atoms with Gasteiger partial charge in [-0.25, -0.2) is 0 Å². The van der Waals surface area contributed by atoms with Crippen LogP contribution in [0.1, 0.15) is 18.9 Å². The summed E-state index contributed by atoms with van der Waals surface area (Å²) in [6.45, 7) is 2.89. The molecule has 1 aromatic heterocycles. The maximum atomic E-state index is 12.4. The van der Waals surface area contributed by atoms with E-state index in [2.05, 4.69) is 46.8 Å². The number of benzene rings is 3. The second-order valence-electron chi connectivity index (χ2n) is 6.25. The van der Waals surface area contributed by atoms with Crippen molar-refractivity contribution in [3.05, 3.63) is 77.1 Å². The fourth-order valence-corrected chi connectivity index (χ4v) is 4.49. The van der Waals surface area contributed by atoms with Gasteiger partial charge in [0.1, 0.15) is 0 Å². The average molecular weight is 360 g/mol. The normalized spacial score (nSPS) is 12.1. The van der Waals surface area contributed by atoms with Crippen LogP contribution in [0.2, 0.25) is 0 Å². The van der Waals surface area contributed by atoms with Crippen LogP contribution in [0.15, 0.2) is 71.7 Å². The molecule has 0 radical (unpaired) electrons. The van der Waals surface area contributed by atoms with E-state index in [9.17, 15) is 4.79 Å². The molecule has 0 saturated heterocycles. The van der Waals surface area contributed by atoms with Crippen molar-refractivity contribution in [2.24, 2.45) is 4.99 Å². The zero-order chi connectivity index (χ0) is 17.9. The number of hydrogen-bond acceptors (Lipinski definition) is 2. The molecule has 26 heavy (non-hydrogen) atoms. The Hall–Kier alpha value is -2.72. The number of aromatic nitrogens is 1. The highest BCUT2D eigenvalue weighted by Gasteiger charge is 2.09. The number of nitrogens with zero attached hydrogens (tertiary/aromatic N) is 2. The zero-order valence-electron chi connectivity index (χ0n) is 14.7. The first-order chi connectivity index (χ1) is 12.8. The van der Waals surface area contributed by atoms with Crippen molar-refractivity contribution in [2.75, 3.05) is 0 Å². The summed E-state index contributed by atoms with van der Waals surface area (Å²) in [4.78, 5) is 17.6. The first-order valence-electron chi connectivity index (χ1n) is 8.89. The Kier molecular flexibility index (Phi) is 4.67. The summed E-state index contributed by atoms with van der Waals surface area (Å²) in [6.07, 6.45) is 1.16. The predicted octanol–water partition coefficient (Wildman–Crippen LogP) is 4.94. The van der Waals surface area contributed by atoms with Crippen molar-refractivity contribution in [2.45, 2.75) is 26.3 Å². The predicted molar refractivity (Wildman–Crippen MR) is 108 cm³/mol. The smallest absolute Gasteiger partial charge is 0.248 e. The van der Waals surface area contributed by atoms with Gasteiger partial charge in [-0.1, -0.05) is 72.0 Å². The molecular weight excluding hydrogens is 340 g/mol. The molecular formula is C22H20N2OS. The number of rotatable bonds is 4. The molecule has 1 heterocycles. The van der Waals surface area contributed by atoms with Gasteiger partial charge in [0.15, 0.2) is 4.80 Å². The molecule has 4 aromatic rings. The third-order valence-corrected chi connectivity index (χ3v) is 5.71. The van der Waals surface area contributed by atoms with Crippen molar-refractivity contribution in [1.29, 1.82) is 0 Å². The first-order valence-corrected chi connectivity index (χ1v) is 9.70. The lowest BCUT2D eigenvalue weighted by molar-refractivity contribution is -0.118. The number of fused-ring (bicyclic) bond motifs is 3. The average Bonchev–Trinajstić information content (AvgIpc) is 3.04. The molecule has 0 aliphatic rings. The Morgan fingerprint density at radius 1 is 1.00 bits per heavy atom. The third-order valence-electron chi connectivity index (χ3n) is 4.58. The van der Waals surface area contributed by atoms with E-state index in [0.29, 0.717) is 6.42 Å². The number of carbonyl (C=O) groups is 1. The van der Waals surface area contributed by atoms with Crippen molar-refractivity contribution in [3.8, 4) is 0 Å². The number of amides is 1. The van der Waals surface area contributed by atoms with Gasteiger partial charge >= 0.3 is 0 Å². The van der Waals surface area contributed by atoms with Crippen LogP contribution in [-0.4, -0.2) is 10.5 Å². The minimum Gasteiger partial charge on any atom is -0.317 e. The lowest BCUT2D eigenvalue weighted by Crippen LogP contribution is -2.16. The van der Waals surface area contributed by atoms with Gasteiger partial charge in [-0.05, 0) is 30.4 Å². The quantitative estimate of drug-likeness (QED) is 0.508. The summed E-state index contributed by atoms with van der Waals surface area (Å²) in [7, 11) is 0. The van der Waals surface area contributed by atoms with E-state index in [0.717, 1.165) is 23.3 Å². The largest absolute Gasteiger partial charge is 0.317 e. The standard InChI is InChI=1S/C22H20N2OS/c1-2-24-19-14-13-17-10-6-7-11-18(17)21(19)26-22(24)23-20(25)15-12-16-8-4-3-5-9-16/h3-11,13-14H,2,12,15H2,1H3. The molecule has 3 aromatic carbocycles. The number of carbonyl (C=O) groups excluding carboxylic acids is 1. The van der Waals surface area contributed by atoms with E-state index in [1.165, 1.54) is 21.0 Å². The van der Waals surface area contributed by atoms with E-state index < -0.39 is 0 Å². The van der Waals surface area contributed by atoms with E-state index >= 15 is 0 Å². The number of aryl methyl sites for hydroxylation is 2. The lowest BCUT2D eigenvalue weighted by atomic mass is 10.1. The number of thiazole rings is 1. The van der Waals surface area contributed by atoms with Gasteiger partial charge in [0.2, 0.25) is 5.91 Å². The van der Waals surface area contributed by atoms with Crippen molar-refractivity contribution < 1.29 is 4.79 Å². The highest BCUT2D eigenvalue weighted by molar-refractivity contribution is 7.17. The summed E-state index contributed by atoms with van der Waals surface area (Å²) in [5, 5.41) is 2.43. The van der Waals surface area contributed by atoms with Gasteiger partial charge in [0.25, 0.3) is 0 Å². The van der Waals surface area contributed by atoms with Crippen LogP contribution in [0.3, 0.4) is 0 Å². The van der Waals surface area contributed by atoms with E-state index in [1.54, 1.807) is 11.3 Å². The molecule has 3 nitrogen and oxygen atoms in total. The fraction of sp³-hybridized carbons (Fsp3) is 0.182. The molecule has 0 fully saturated rings. The third kappa shape index (κ3) is 3.20. The second-order valence-corrected chi connectivity index (χ2v) is 7.23. The molecule has 0 aliphatic carbocycles. The van der Waals surface area contributed by atoms with Crippen LogP contribution in [0, 0.1) is 0 Å². The minimum atomic E-state index is -0.0630. The molecule has 4 heteroatoms. The van der Waals surface area contributed by atoms with Crippen LogP contribution < -0.4 is 4.80 Å². The molecule has 0 saturated carbocycles. The van der Waals surface area contributed by atoms with Gasteiger partial charge in [0.05, 0.1) is 10.2 Å². The maximum absolute atomic E-state index is 12.4. The Balaban J connectivity index is 1.72. The van der Waals surface area contributed by atoms with Crippen LogP contribution in [0.4, 0.5) is 0 Å². The highest BCUT2D eigenvalue weighted by atomic mass is 32.1. The van der Waals surface area contributed by atoms with Crippen LogP contribution >= 0.6 is 11.3 Å². The Morgan fingerprint density at radius 2 is 1.77 bits per heavy atom. The maximum Gasteiger partial charge on any atom is 0.248 e. The van der Waals surface area contributed by atoms with Crippen molar-refractivity contribution >= 4 is 38.2 Å². The topological polar surface area (TPSA) is 34.4 Å². The zero-order valence-corrected chi connectivity index (χ0v) is 15.5. The molecule has 130 valence electrons. The fourth-order valence-electron chi connectivity index (χ4n) is 3.25. The summed E-state index contributed by atoms with van der Waals surface area (Å²) in [6, 6.07) is 22.7. The molecule has 0 spiro atoms. The molecule has 0 unspecified atom stereocenters.